The van der Waals surface area contributed by atoms with Crippen LogP contribution in [0.25, 0.3) is 0 Å². The van der Waals surface area contributed by atoms with Gasteiger partial charge in [-0.05, 0) is 25.1 Å². The Labute approximate surface area is 90.4 Å². The minimum Gasteiger partial charge on any atom is -0.376 e. The SMILES string of the molecule is C/C=C/C(=O)Nc1ccccc1N(C)C. The molecule has 15 heavy (non-hydrogen) atoms. The van der Waals surface area contributed by atoms with Crippen molar-refractivity contribution in [3.63, 3.8) is 0 Å². The molecule has 1 N–H and O–H groups in total. The summed E-state index contributed by atoms with van der Waals surface area (Å²) in [5, 5.41) is 2.83. The van der Waals surface area contributed by atoms with Crippen molar-refractivity contribution in [1.29, 1.82) is 0 Å². The van der Waals surface area contributed by atoms with E-state index >= 15 is 0 Å². The van der Waals surface area contributed by atoms with E-state index in [0.29, 0.717) is 0 Å². The number of carbonyl (C=O) groups is 1. The first-order chi connectivity index (χ1) is 7.15. The zero-order chi connectivity index (χ0) is 11.3. The number of hydrogen-bond acceptors (Lipinski definition) is 2. The zero-order valence-electron chi connectivity index (χ0n) is 9.32. The maximum Gasteiger partial charge on any atom is 0.248 e. The normalized spacial score (nSPS) is 10.3. The van der Waals surface area contributed by atoms with Crippen LogP contribution in [0, 0.1) is 0 Å². The predicted octanol–water partition coefficient (Wildman–Crippen LogP) is 2.27. The molecule has 0 radical (unpaired) electrons. The molecule has 1 aromatic carbocycles. The fourth-order valence-electron chi connectivity index (χ4n) is 1.30. The van der Waals surface area contributed by atoms with E-state index in [1.165, 1.54) is 6.08 Å². The van der Waals surface area contributed by atoms with Crippen LogP contribution in [0.2, 0.25) is 0 Å². The first kappa shape index (κ1) is 11.3. The number of rotatable bonds is 3. The fraction of sp³-hybridized carbons (Fsp3) is 0.250. The Morgan fingerprint density at radius 2 is 2.00 bits per heavy atom. The molecule has 0 saturated carbocycles. The number of nitrogens with one attached hydrogen (secondary N) is 1. The highest BCUT2D eigenvalue weighted by atomic mass is 16.1. The molecule has 0 aliphatic heterocycles. The van der Waals surface area contributed by atoms with E-state index in [9.17, 15) is 4.79 Å². The van der Waals surface area contributed by atoms with Crippen molar-refractivity contribution in [3.8, 4) is 0 Å². The highest BCUT2D eigenvalue weighted by Crippen LogP contribution is 2.23. The van der Waals surface area contributed by atoms with Crippen LogP contribution in [-0.2, 0) is 4.79 Å². The molecule has 0 fully saturated rings. The van der Waals surface area contributed by atoms with Crippen molar-refractivity contribution in [2.75, 3.05) is 24.3 Å². The summed E-state index contributed by atoms with van der Waals surface area (Å²) >= 11 is 0. The van der Waals surface area contributed by atoms with E-state index in [2.05, 4.69) is 5.32 Å². The zero-order valence-corrected chi connectivity index (χ0v) is 9.32. The smallest absolute Gasteiger partial charge is 0.248 e. The molecule has 0 heterocycles. The molecule has 3 nitrogen and oxygen atoms in total. The highest BCUT2D eigenvalue weighted by Gasteiger charge is 2.04. The molecular formula is C12H16N2O. The van der Waals surface area contributed by atoms with Gasteiger partial charge in [-0.2, -0.15) is 0 Å². The van der Waals surface area contributed by atoms with Gasteiger partial charge in [-0.3, -0.25) is 4.79 Å². The number of allylic oxidation sites excluding steroid dienone is 1. The molecule has 0 unspecified atom stereocenters. The van der Waals surface area contributed by atoms with Gasteiger partial charge in [0.05, 0.1) is 11.4 Å². The number of amides is 1. The van der Waals surface area contributed by atoms with Crippen molar-refractivity contribution < 1.29 is 4.79 Å². The standard InChI is InChI=1S/C12H16N2O/c1-4-7-12(15)13-10-8-5-6-9-11(10)14(2)3/h4-9H,1-3H3,(H,13,15)/b7-4+. The first-order valence-electron chi connectivity index (χ1n) is 4.85. The summed E-state index contributed by atoms with van der Waals surface area (Å²) < 4.78 is 0. The van der Waals surface area contributed by atoms with Crippen molar-refractivity contribution >= 4 is 17.3 Å². The summed E-state index contributed by atoms with van der Waals surface area (Å²) in [4.78, 5) is 13.3. The number of benzene rings is 1. The van der Waals surface area contributed by atoms with Gasteiger partial charge in [0, 0.05) is 14.1 Å². The molecule has 0 spiro atoms. The lowest BCUT2D eigenvalue weighted by atomic mass is 10.2. The van der Waals surface area contributed by atoms with Gasteiger partial charge in [-0.1, -0.05) is 18.2 Å². The van der Waals surface area contributed by atoms with E-state index in [1.807, 2.05) is 50.2 Å². The number of nitrogens with zero attached hydrogens (tertiary/aromatic N) is 1. The van der Waals surface area contributed by atoms with Crippen molar-refractivity contribution in [1.82, 2.24) is 0 Å². The Balaban J connectivity index is 2.89. The van der Waals surface area contributed by atoms with E-state index in [1.54, 1.807) is 6.08 Å². The maximum atomic E-state index is 11.4. The summed E-state index contributed by atoms with van der Waals surface area (Å²) in [6, 6.07) is 7.70. The molecule has 0 bridgehead atoms. The molecule has 3 heteroatoms. The van der Waals surface area contributed by atoms with Crippen LogP contribution in [0.4, 0.5) is 11.4 Å². The van der Waals surface area contributed by atoms with E-state index in [-0.39, 0.29) is 5.91 Å². The Bertz CT molecular complexity index is 370. The van der Waals surface area contributed by atoms with Crippen LogP contribution >= 0.6 is 0 Å². The Morgan fingerprint density at radius 3 is 2.60 bits per heavy atom. The van der Waals surface area contributed by atoms with Crippen molar-refractivity contribution in [3.05, 3.63) is 36.4 Å². The number of anilines is 2. The molecule has 80 valence electrons. The topological polar surface area (TPSA) is 32.3 Å². The molecule has 1 rings (SSSR count). The summed E-state index contributed by atoms with van der Waals surface area (Å²) in [5.74, 6) is -0.105. The van der Waals surface area contributed by atoms with Crippen LogP contribution in [0.3, 0.4) is 0 Å². The first-order valence-corrected chi connectivity index (χ1v) is 4.85. The predicted molar refractivity (Wildman–Crippen MR) is 64.2 cm³/mol. The van der Waals surface area contributed by atoms with Crippen molar-refractivity contribution in [2.45, 2.75) is 6.92 Å². The molecule has 0 aliphatic rings. The van der Waals surface area contributed by atoms with Crippen LogP contribution in [0.5, 0.6) is 0 Å². The Morgan fingerprint density at radius 1 is 1.33 bits per heavy atom. The average Bonchev–Trinajstić information content (AvgIpc) is 2.18. The van der Waals surface area contributed by atoms with E-state index in [4.69, 9.17) is 0 Å². The van der Waals surface area contributed by atoms with Gasteiger partial charge in [0.15, 0.2) is 0 Å². The third kappa shape index (κ3) is 3.13. The largest absolute Gasteiger partial charge is 0.376 e. The summed E-state index contributed by atoms with van der Waals surface area (Å²) in [6.07, 6.45) is 3.22. The highest BCUT2D eigenvalue weighted by molar-refractivity contribution is 6.01. The Hall–Kier alpha value is -1.77. The second kappa shape index (κ2) is 5.20. The van der Waals surface area contributed by atoms with Gasteiger partial charge in [-0.25, -0.2) is 0 Å². The Kier molecular flexibility index (Phi) is 3.92. The van der Waals surface area contributed by atoms with Crippen LogP contribution in [-0.4, -0.2) is 20.0 Å². The van der Waals surface area contributed by atoms with E-state index in [0.717, 1.165) is 11.4 Å². The fourth-order valence-corrected chi connectivity index (χ4v) is 1.30. The van der Waals surface area contributed by atoms with Gasteiger partial charge in [0.25, 0.3) is 0 Å². The molecular weight excluding hydrogens is 188 g/mol. The molecule has 0 atom stereocenters. The van der Waals surface area contributed by atoms with Gasteiger partial charge in [-0.15, -0.1) is 0 Å². The van der Waals surface area contributed by atoms with Crippen LogP contribution in [0.1, 0.15) is 6.92 Å². The third-order valence-corrected chi connectivity index (χ3v) is 1.96. The third-order valence-electron chi connectivity index (χ3n) is 1.96. The van der Waals surface area contributed by atoms with Crippen molar-refractivity contribution in [2.24, 2.45) is 0 Å². The molecule has 0 aromatic heterocycles. The minimum absolute atomic E-state index is 0.105. The van der Waals surface area contributed by atoms with Crippen LogP contribution < -0.4 is 10.2 Å². The molecule has 0 saturated heterocycles. The number of carbonyl (C=O) groups excluding carboxylic acids is 1. The molecule has 0 aliphatic carbocycles. The van der Waals surface area contributed by atoms with Gasteiger partial charge < -0.3 is 10.2 Å². The summed E-state index contributed by atoms with van der Waals surface area (Å²) in [7, 11) is 3.89. The van der Waals surface area contributed by atoms with Gasteiger partial charge >= 0.3 is 0 Å². The lowest BCUT2D eigenvalue weighted by Gasteiger charge is -2.17. The second-order valence-corrected chi connectivity index (χ2v) is 3.40. The molecule has 1 aromatic rings. The van der Waals surface area contributed by atoms with Crippen LogP contribution in [0.15, 0.2) is 36.4 Å². The lowest BCUT2D eigenvalue weighted by molar-refractivity contribution is -0.111. The van der Waals surface area contributed by atoms with Gasteiger partial charge in [0.1, 0.15) is 0 Å². The lowest BCUT2D eigenvalue weighted by Crippen LogP contribution is -2.14. The average molecular weight is 204 g/mol. The number of para-hydroxylation sites is 2. The second-order valence-electron chi connectivity index (χ2n) is 3.40. The minimum atomic E-state index is -0.105. The quantitative estimate of drug-likeness (QED) is 0.766. The molecule has 1 amide bonds. The van der Waals surface area contributed by atoms with Gasteiger partial charge in [0.2, 0.25) is 5.91 Å². The van der Waals surface area contributed by atoms with E-state index < -0.39 is 0 Å². The number of hydrogen-bond donors (Lipinski definition) is 1. The monoisotopic (exact) mass is 204 g/mol. The summed E-state index contributed by atoms with van der Waals surface area (Å²) in [5.41, 5.74) is 1.82. The summed E-state index contributed by atoms with van der Waals surface area (Å²) in [6.45, 7) is 1.82. The maximum absolute atomic E-state index is 11.4.